The molecule has 4 nitrogen and oxygen atoms in total. The minimum Gasteiger partial charge on any atom is -0.359 e. The van der Waals surface area contributed by atoms with Gasteiger partial charge in [0.2, 0.25) is 0 Å². The molecule has 0 radical (unpaired) electrons. The van der Waals surface area contributed by atoms with E-state index < -0.39 is 0 Å². The standard InChI is InChI=1S/C13H19N3O/c1-2-11(13(17)15-14)16-9-5-7-10-6-3-4-8-12(10)16/h3-4,6,8,11H,2,5,7,9,14H2,1H3,(H,15,17). The zero-order valence-electron chi connectivity index (χ0n) is 10.1. The minimum absolute atomic E-state index is 0.107. The summed E-state index contributed by atoms with van der Waals surface area (Å²) in [6, 6.07) is 8.12. The second-order valence-electron chi connectivity index (χ2n) is 4.36. The van der Waals surface area contributed by atoms with E-state index in [9.17, 15) is 4.79 Å². The summed E-state index contributed by atoms with van der Waals surface area (Å²) in [6.07, 6.45) is 2.94. The first kappa shape index (κ1) is 11.9. The van der Waals surface area contributed by atoms with Crippen LogP contribution in [0.5, 0.6) is 0 Å². The summed E-state index contributed by atoms with van der Waals surface area (Å²) in [4.78, 5) is 13.9. The summed E-state index contributed by atoms with van der Waals surface area (Å²) in [5.74, 6) is 5.14. The molecule has 1 aromatic rings. The Morgan fingerprint density at radius 2 is 2.29 bits per heavy atom. The van der Waals surface area contributed by atoms with Gasteiger partial charge in [-0.25, -0.2) is 5.84 Å². The van der Waals surface area contributed by atoms with Crippen LogP contribution in [0.25, 0.3) is 0 Å². The third-order valence-corrected chi connectivity index (χ3v) is 3.35. The number of hydrogen-bond donors (Lipinski definition) is 2. The average molecular weight is 233 g/mol. The van der Waals surface area contributed by atoms with Gasteiger partial charge in [-0.1, -0.05) is 25.1 Å². The highest BCUT2D eigenvalue weighted by Gasteiger charge is 2.27. The molecule has 0 aliphatic carbocycles. The van der Waals surface area contributed by atoms with Crippen LogP contribution in [0.1, 0.15) is 25.3 Å². The Bertz CT molecular complexity index is 405. The number of aryl methyl sites for hydroxylation is 1. The van der Waals surface area contributed by atoms with Gasteiger partial charge in [0, 0.05) is 12.2 Å². The van der Waals surface area contributed by atoms with Crippen molar-refractivity contribution in [3.8, 4) is 0 Å². The normalized spacial score (nSPS) is 16.2. The SMILES string of the molecule is CCC(C(=O)NN)N1CCCc2ccccc21. The summed E-state index contributed by atoms with van der Waals surface area (Å²) in [7, 11) is 0. The molecular weight excluding hydrogens is 214 g/mol. The first-order chi connectivity index (χ1) is 8.27. The van der Waals surface area contributed by atoms with Gasteiger partial charge in [-0.05, 0) is 30.9 Å². The Balaban J connectivity index is 2.30. The zero-order valence-corrected chi connectivity index (χ0v) is 10.1. The summed E-state index contributed by atoms with van der Waals surface area (Å²) in [5.41, 5.74) is 4.76. The van der Waals surface area contributed by atoms with E-state index in [0.717, 1.165) is 25.8 Å². The molecule has 17 heavy (non-hydrogen) atoms. The zero-order chi connectivity index (χ0) is 12.3. The van der Waals surface area contributed by atoms with Gasteiger partial charge >= 0.3 is 0 Å². The van der Waals surface area contributed by atoms with Crippen LogP contribution >= 0.6 is 0 Å². The number of anilines is 1. The van der Waals surface area contributed by atoms with Crippen molar-refractivity contribution in [3.63, 3.8) is 0 Å². The topological polar surface area (TPSA) is 58.4 Å². The van der Waals surface area contributed by atoms with Gasteiger partial charge < -0.3 is 4.90 Å². The van der Waals surface area contributed by atoms with E-state index in [1.54, 1.807) is 0 Å². The first-order valence-electron chi connectivity index (χ1n) is 6.13. The van der Waals surface area contributed by atoms with E-state index >= 15 is 0 Å². The molecule has 1 heterocycles. The third-order valence-electron chi connectivity index (χ3n) is 3.35. The number of fused-ring (bicyclic) bond motifs is 1. The molecule has 1 atom stereocenters. The molecule has 1 aliphatic heterocycles. The average Bonchev–Trinajstić information content (AvgIpc) is 2.39. The van der Waals surface area contributed by atoms with Gasteiger partial charge in [-0.2, -0.15) is 0 Å². The highest BCUT2D eigenvalue weighted by Crippen LogP contribution is 2.29. The maximum absolute atomic E-state index is 11.8. The number of hydrazine groups is 1. The van der Waals surface area contributed by atoms with Gasteiger partial charge in [0.25, 0.3) is 5.91 Å². The molecule has 1 amide bonds. The Hall–Kier alpha value is -1.55. The maximum atomic E-state index is 11.8. The Morgan fingerprint density at radius 3 is 3.00 bits per heavy atom. The molecule has 0 spiro atoms. The maximum Gasteiger partial charge on any atom is 0.256 e. The molecule has 92 valence electrons. The van der Waals surface area contributed by atoms with Crippen LogP contribution in [0.3, 0.4) is 0 Å². The molecule has 3 N–H and O–H groups in total. The van der Waals surface area contributed by atoms with Crippen LogP contribution < -0.4 is 16.2 Å². The van der Waals surface area contributed by atoms with Crippen LogP contribution in [0, 0.1) is 0 Å². The molecule has 1 aromatic carbocycles. The number of nitrogens with zero attached hydrogens (tertiary/aromatic N) is 1. The smallest absolute Gasteiger partial charge is 0.256 e. The molecule has 0 saturated heterocycles. The van der Waals surface area contributed by atoms with E-state index in [4.69, 9.17) is 5.84 Å². The van der Waals surface area contributed by atoms with Crippen molar-refractivity contribution in [1.82, 2.24) is 5.43 Å². The van der Waals surface area contributed by atoms with E-state index in [2.05, 4.69) is 22.5 Å². The second-order valence-corrected chi connectivity index (χ2v) is 4.36. The molecule has 0 saturated carbocycles. The molecule has 0 aromatic heterocycles. The van der Waals surface area contributed by atoms with Crippen LogP contribution in [-0.2, 0) is 11.2 Å². The lowest BCUT2D eigenvalue weighted by atomic mass is 9.99. The van der Waals surface area contributed by atoms with Crippen LogP contribution in [0.4, 0.5) is 5.69 Å². The monoisotopic (exact) mass is 233 g/mol. The number of carbonyl (C=O) groups is 1. The molecule has 2 rings (SSSR count). The minimum atomic E-state index is -0.165. The number of hydrogen-bond acceptors (Lipinski definition) is 3. The predicted octanol–water partition coefficient (Wildman–Crippen LogP) is 1.21. The van der Waals surface area contributed by atoms with Crippen molar-refractivity contribution in [2.24, 2.45) is 5.84 Å². The number of para-hydroxylation sites is 1. The van der Waals surface area contributed by atoms with Crippen LogP contribution in [-0.4, -0.2) is 18.5 Å². The van der Waals surface area contributed by atoms with Crippen molar-refractivity contribution in [2.75, 3.05) is 11.4 Å². The van der Waals surface area contributed by atoms with Gasteiger partial charge in [-0.15, -0.1) is 0 Å². The molecule has 0 bridgehead atoms. The molecule has 4 heteroatoms. The van der Waals surface area contributed by atoms with Crippen molar-refractivity contribution < 1.29 is 4.79 Å². The molecule has 0 fully saturated rings. The summed E-state index contributed by atoms with van der Waals surface area (Å²) < 4.78 is 0. The third kappa shape index (κ3) is 2.26. The summed E-state index contributed by atoms with van der Waals surface area (Å²) >= 11 is 0. The largest absolute Gasteiger partial charge is 0.359 e. The highest BCUT2D eigenvalue weighted by atomic mass is 16.2. The highest BCUT2D eigenvalue weighted by molar-refractivity contribution is 5.85. The van der Waals surface area contributed by atoms with Crippen LogP contribution in [0.2, 0.25) is 0 Å². The lowest BCUT2D eigenvalue weighted by molar-refractivity contribution is -0.122. The number of amides is 1. The first-order valence-corrected chi connectivity index (χ1v) is 6.13. The van der Waals surface area contributed by atoms with Crippen molar-refractivity contribution >= 4 is 11.6 Å². The molecule has 1 aliphatic rings. The lowest BCUT2D eigenvalue weighted by Gasteiger charge is -2.36. The predicted molar refractivity (Wildman–Crippen MR) is 68.5 cm³/mol. The number of nitrogens with one attached hydrogen (secondary N) is 1. The Morgan fingerprint density at radius 1 is 1.53 bits per heavy atom. The van der Waals surface area contributed by atoms with Crippen molar-refractivity contribution in [2.45, 2.75) is 32.2 Å². The number of rotatable bonds is 3. The van der Waals surface area contributed by atoms with Crippen LogP contribution in [0.15, 0.2) is 24.3 Å². The quantitative estimate of drug-likeness (QED) is 0.468. The van der Waals surface area contributed by atoms with E-state index in [-0.39, 0.29) is 11.9 Å². The van der Waals surface area contributed by atoms with E-state index in [1.165, 1.54) is 11.3 Å². The van der Waals surface area contributed by atoms with Gasteiger partial charge in [0.05, 0.1) is 0 Å². The lowest BCUT2D eigenvalue weighted by Crippen LogP contribution is -2.50. The fourth-order valence-electron chi connectivity index (χ4n) is 2.53. The summed E-state index contributed by atoms with van der Waals surface area (Å²) in [5, 5.41) is 0. The van der Waals surface area contributed by atoms with Gasteiger partial charge in [0.1, 0.15) is 6.04 Å². The van der Waals surface area contributed by atoms with Crippen molar-refractivity contribution in [3.05, 3.63) is 29.8 Å². The second kappa shape index (κ2) is 5.19. The Kier molecular flexibility index (Phi) is 3.64. The van der Waals surface area contributed by atoms with Gasteiger partial charge in [0.15, 0.2) is 0 Å². The summed E-state index contributed by atoms with van der Waals surface area (Å²) in [6.45, 7) is 2.93. The van der Waals surface area contributed by atoms with Gasteiger partial charge in [-0.3, -0.25) is 10.2 Å². The molecule has 1 unspecified atom stereocenters. The fourth-order valence-corrected chi connectivity index (χ4v) is 2.53. The number of carbonyl (C=O) groups excluding carboxylic acids is 1. The molecular formula is C13H19N3O. The fraction of sp³-hybridized carbons (Fsp3) is 0.462. The Labute approximate surface area is 102 Å². The number of nitrogens with two attached hydrogens (primary N) is 1. The number of benzene rings is 1. The van der Waals surface area contributed by atoms with Crippen molar-refractivity contribution in [1.29, 1.82) is 0 Å². The van der Waals surface area contributed by atoms with E-state index in [0.29, 0.717) is 0 Å². The van der Waals surface area contributed by atoms with E-state index in [1.807, 2.05) is 19.1 Å².